The summed E-state index contributed by atoms with van der Waals surface area (Å²) < 4.78 is 6.93. The number of hydrogen-bond acceptors (Lipinski definition) is 9. The molecular weight excluding hydrogens is 514 g/mol. The largest absolute Gasteiger partial charge is 0.464 e. The number of furan rings is 1. The van der Waals surface area contributed by atoms with Gasteiger partial charge in [-0.3, -0.25) is 14.4 Å². The molecule has 0 fully saturated rings. The second-order valence-electron chi connectivity index (χ2n) is 10.3. The number of rotatable bonds is 8. The van der Waals surface area contributed by atoms with E-state index in [-0.39, 0.29) is 42.3 Å². The molecule has 1 aliphatic heterocycles. The minimum absolute atomic E-state index is 0.0671. The molecule has 0 bridgehead atoms. The first kappa shape index (κ1) is 25.5. The highest BCUT2D eigenvalue weighted by atomic mass is 35.5. The van der Waals surface area contributed by atoms with E-state index in [4.69, 9.17) is 16.0 Å². The Kier molecular flexibility index (Phi) is 6.22. The van der Waals surface area contributed by atoms with Gasteiger partial charge in [-0.25, -0.2) is 9.89 Å². The van der Waals surface area contributed by atoms with E-state index < -0.39 is 22.6 Å². The molecule has 0 aliphatic carbocycles. The zero-order valence-corrected chi connectivity index (χ0v) is 22.0. The first-order valence-corrected chi connectivity index (χ1v) is 12.4. The number of fused-ring (bicyclic) bond motifs is 1. The van der Waals surface area contributed by atoms with Crippen molar-refractivity contribution in [3.05, 3.63) is 82.9 Å². The number of hydrogen-bond donors (Lipinski definition) is 3. The number of aryl methyl sites for hydroxylation is 1. The molecule has 4 aromatic rings. The van der Waals surface area contributed by atoms with Gasteiger partial charge in [0.15, 0.2) is 0 Å². The van der Waals surface area contributed by atoms with Crippen molar-refractivity contribution in [2.75, 3.05) is 17.2 Å². The lowest BCUT2D eigenvalue weighted by Gasteiger charge is -2.31. The normalized spacial score (nSPS) is 14.2. The third-order valence-electron chi connectivity index (χ3n) is 6.59. The number of carbonyl (C=O) groups is 1. The number of amides is 1. The summed E-state index contributed by atoms with van der Waals surface area (Å²) in [7, 11) is 0. The molecule has 198 valence electrons. The molecule has 38 heavy (non-hydrogen) atoms. The van der Waals surface area contributed by atoms with Crippen molar-refractivity contribution in [1.82, 2.24) is 25.1 Å². The molecule has 12 nitrogen and oxygen atoms in total. The smallest absolute Gasteiger partial charge is 0.361 e. The van der Waals surface area contributed by atoms with Crippen molar-refractivity contribution in [3.8, 4) is 0 Å². The van der Waals surface area contributed by atoms with E-state index in [9.17, 15) is 19.2 Å². The molecule has 1 atom stereocenters. The Morgan fingerprint density at radius 2 is 1.82 bits per heavy atom. The van der Waals surface area contributed by atoms with Crippen LogP contribution in [0.4, 0.5) is 17.1 Å². The lowest BCUT2D eigenvalue weighted by Crippen LogP contribution is -2.39. The van der Waals surface area contributed by atoms with Gasteiger partial charge < -0.3 is 20.0 Å². The predicted octanol–water partition coefficient (Wildman–Crippen LogP) is 2.72. The van der Waals surface area contributed by atoms with Gasteiger partial charge >= 0.3 is 5.69 Å². The molecule has 2 aromatic heterocycles. The number of nitrogens with zero attached hydrogens (tertiary/aromatic N) is 4. The Bertz CT molecular complexity index is 1670. The molecule has 0 unspecified atom stereocenters. The molecule has 5 rings (SSSR count). The standard InChI is InChI=1S/C25H26ClN7O5/c1-12-5-8-16(38-12)22(25(2,3)4)28-19-18(20(34)21(19)35)27-15-7-6-14(26)13-11-32(23(36)17(13)15)9-10-33-24(37)29-30-31-33/h5-8,22,27-28H,9-11H2,1-4H3,(H,29,31,37)/t22-/m0/s1. The van der Waals surface area contributed by atoms with Gasteiger partial charge in [-0.2, -0.15) is 4.68 Å². The number of benzene rings is 1. The third kappa shape index (κ3) is 4.40. The number of H-pyrrole nitrogens is 1. The van der Waals surface area contributed by atoms with Gasteiger partial charge in [0.2, 0.25) is 0 Å². The van der Waals surface area contributed by atoms with Gasteiger partial charge in [-0.05, 0) is 47.0 Å². The lowest BCUT2D eigenvalue weighted by molar-refractivity contribution is 0.0771. The highest BCUT2D eigenvalue weighted by molar-refractivity contribution is 6.32. The minimum atomic E-state index is -0.688. The van der Waals surface area contributed by atoms with Crippen LogP contribution in [0.5, 0.6) is 0 Å². The molecule has 0 radical (unpaired) electrons. The maximum Gasteiger partial charge on any atom is 0.361 e. The summed E-state index contributed by atoms with van der Waals surface area (Å²) >= 11 is 6.41. The van der Waals surface area contributed by atoms with Crippen LogP contribution >= 0.6 is 11.6 Å². The summed E-state index contributed by atoms with van der Waals surface area (Å²) in [4.78, 5) is 51.8. The summed E-state index contributed by atoms with van der Waals surface area (Å²) in [6.07, 6.45) is 0. The number of carbonyl (C=O) groups excluding carboxylic acids is 1. The minimum Gasteiger partial charge on any atom is -0.464 e. The fraction of sp³-hybridized carbons (Fsp3) is 0.360. The molecule has 3 heterocycles. The molecule has 13 heteroatoms. The monoisotopic (exact) mass is 539 g/mol. The van der Waals surface area contributed by atoms with Crippen LogP contribution in [0.3, 0.4) is 0 Å². The lowest BCUT2D eigenvalue weighted by atomic mass is 9.85. The van der Waals surface area contributed by atoms with E-state index in [1.807, 2.05) is 39.8 Å². The summed E-state index contributed by atoms with van der Waals surface area (Å²) in [5, 5.41) is 15.9. The van der Waals surface area contributed by atoms with Crippen LogP contribution in [0.1, 0.15) is 54.3 Å². The molecule has 1 amide bonds. The van der Waals surface area contributed by atoms with Crippen LogP contribution in [0.15, 0.2) is 43.1 Å². The van der Waals surface area contributed by atoms with Crippen LogP contribution < -0.4 is 27.2 Å². The van der Waals surface area contributed by atoms with Gasteiger partial charge in [0, 0.05) is 23.7 Å². The number of halogens is 1. The maximum absolute atomic E-state index is 13.3. The van der Waals surface area contributed by atoms with E-state index in [0.717, 1.165) is 10.4 Å². The van der Waals surface area contributed by atoms with Crippen LogP contribution in [-0.2, 0) is 13.1 Å². The number of tetrazole rings is 1. The van der Waals surface area contributed by atoms with Gasteiger partial charge in [-0.1, -0.05) is 32.4 Å². The summed E-state index contributed by atoms with van der Waals surface area (Å²) in [5.74, 6) is 1.04. The average molecular weight is 540 g/mol. The van der Waals surface area contributed by atoms with Gasteiger partial charge in [-0.15, -0.1) is 0 Å². The second kappa shape index (κ2) is 9.28. The first-order valence-electron chi connectivity index (χ1n) is 12.0. The van der Waals surface area contributed by atoms with Gasteiger partial charge in [0.05, 0.1) is 23.8 Å². The predicted molar refractivity (Wildman–Crippen MR) is 141 cm³/mol. The number of aromatic amines is 1. The highest BCUT2D eigenvalue weighted by Crippen LogP contribution is 2.39. The van der Waals surface area contributed by atoms with E-state index in [1.165, 1.54) is 4.90 Å². The molecule has 3 N–H and O–H groups in total. The topological polar surface area (TPSA) is 155 Å². The summed E-state index contributed by atoms with van der Waals surface area (Å²) in [5.41, 5.74) is -0.740. The molecule has 0 saturated heterocycles. The Morgan fingerprint density at radius 3 is 2.45 bits per heavy atom. The highest BCUT2D eigenvalue weighted by Gasteiger charge is 2.35. The van der Waals surface area contributed by atoms with Crippen molar-refractivity contribution in [2.45, 2.75) is 46.8 Å². The number of nitrogens with one attached hydrogen (secondary N) is 3. The van der Waals surface area contributed by atoms with Crippen LogP contribution in [0, 0.1) is 12.3 Å². The average Bonchev–Trinajstić information content (AvgIpc) is 3.56. The second-order valence-corrected chi connectivity index (χ2v) is 10.7. The first-order chi connectivity index (χ1) is 18.0. The maximum atomic E-state index is 13.3. The fourth-order valence-electron chi connectivity index (χ4n) is 4.56. The Hall–Kier alpha value is -4.19. The molecule has 2 aromatic carbocycles. The molecule has 0 saturated carbocycles. The fourth-order valence-corrected chi connectivity index (χ4v) is 4.77. The quantitative estimate of drug-likeness (QED) is 0.286. The Labute approximate surface area is 221 Å². The molecule has 1 aliphatic rings. The van der Waals surface area contributed by atoms with E-state index in [1.54, 1.807) is 12.1 Å². The van der Waals surface area contributed by atoms with Crippen LogP contribution in [-0.4, -0.2) is 37.6 Å². The third-order valence-corrected chi connectivity index (χ3v) is 6.94. The van der Waals surface area contributed by atoms with Gasteiger partial charge in [0.25, 0.3) is 16.8 Å². The number of aromatic nitrogens is 4. The zero-order valence-electron chi connectivity index (χ0n) is 21.2. The van der Waals surface area contributed by atoms with Crippen LogP contribution in [0.25, 0.3) is 0 Å². The Balaban J connectivity index is 1.42. The van der Waals surface area contributed by atoms with Crippen molar-refractivity contribution < 1.29 is 9.21 Å². The Morgan fingerprint density at radius 1 is 1.08 bits per heavy atom. The van der Waals surface area contributed by atoms with Crippen molar-refractivity contribution >= 4 is 34.6 Å². The van der Waals surface area contributed by atoms with Crippen LogP contribution in [0.2, 0.25) is 5.02 Å². The molecular formula is C25H26ClN7O5. The number of anilines is 3. The van der Waals surface area contributed by atoms with Crippen molar-refractivity contribution in [3.63, 3.8) is 0 Å². The van der Waals surface area contributed by atoms with Crippen molar-refractivity contribution in [2.24, 2.45) is 5.41 Å². The SMILES string of the molecule is Cc1ccc([C@H](Nc2c(Nc3ccc(Cl)c4c3C(=O)N(CCn3nn[nH]c3=O)C4)c(=O)c2=O)C(C)(C)C)o1. The summed E-state index contributed by atoms with van der Waals surface area (Å²) in [6, 6.07) is 6.51. The van der Waals surface area contributed by atoms with E-state index >= 15 is 0 Å². The zero-order chi connectivity index (χ0) is 27.4. The summed E-state index contributed by atoms with van der Waals surface area (Å²) in [6.45, 7) is 8.37. The van der Waals surface area contributed by atoms with E-state index in [0.29, 0.717) is 27.6 Å². The van der Waals surface area contributed by atoms with Gasteiger partial charge in [0.1, 0.15) is 22.9 Å². The van der Waals surface area contributed by atoms with Crippen molar-refractivity contribution in [1.29, 1.82) is 0 Å². The molecule has 0 spiro atoms. The van der Waals surface area contributed by atoms with E-state index in [2.05, 4.69) is 26.2 Å².